The first kappa shape index (κ1) is 11.9. The van der Waals surface area contributed by atoms with E-state index in [1.54, 1.807) is 0 Å². The summed E-state index contributed by atoms with van der Waals surface area (Å²) in [5.41, 5.74) is 2.55. The summed E-state index contributed by atoms with van der Waals surface area (Å²) in [4.78, 5) is 4.97. The third kappa shape index (κ3) is 1.79. The molecule has 0 radical (unpaired) electrons. The largest absolute Gasteiger partial charge is 0.393 e. The van der Waals surface area contributed by atoms with Crippen molar-refractivity contribution in [2.75, 3.05) is 0 Å². The number of hydrogen-bond donors (Lipinski definition) is 1. The van der Waals surface area contributed by atoms with Crippen LogP contribution in [0.2, 0.25) is 0 Å². The summed E-state index contributed by atoms with van der Waals surface area (Å²) < 4.78 is 0. The second-order valence-electron chi connectivity index (χ2n) is 6.21. The summed E-state index contributed by atoms with van der Waals surface area (Å²) in [6.45, 7) is 4.56. The van der Waals surface area contributed by atoms with Gasteiger partial charge in [0.15, 0.2) is 0 Å². The van der Waals surface area contributed by atoms with Gasteiger partial charge in [0.25, 0.3) is 0 Å². The molecule has 1 aromatic rings. The SMILES string of the molecule is CC1(C)C(c2ccccc2)=NC2CCC(O)CC21. The number of aliphatic hydroxyl groups is 1. The van der Waals surface area contributed by atoms with Gasteiger partial charge in [0, 0.05) is 11.1 Å². The topological polar surface area (TPSA) is 32.6 Å². The van der Waals surface area contributed by atoms with E-state index in [2.05, 4.69) is 38.1 Å². The van der Waals surface area contributed by atoms with Crippen LogP contribution < -0.4 is 0 Å². The van der Waals surface area contributed by atoms with Crippen LogP contribution >= 0.6 is 0 Å². The van der Waals surface area contributed by atoms with Crippen molar-refractivity contribution in [1.29, 1.82) is 0 Å². The van der Waals surface area contributed by atoms with E-state index >= 15 is 0 Å². The molecule has 0 aromatic heterocycles. The van der Waals surface area contributed by atoms with Crippen LogP contribution in [0.5, 0.6) is 0 Å². The maximum Gasteiger partial charge on any atom is 0.0544 e. The van der Waals surface area contributed by atoms with Gasteiger partial charge in [-0.15, -0.1) is 0 Å². The maximum absolute atomic E-state index is 9.89. The molecular weight excluding hydrogens is 222 g/mol. The van der Waals surface area contributed by atoms with E-state index in [1.165, 1.54) is 11.3 Å². The van der Waals surface area contributed by atoms with Crippen LogP contribution in [0.25, 0.3) is 0 Å². The van der Waals surface area contributed by atoms with Gasteiger partial charge in [-0.2, -0.15) is 0 Å². The van der Waals surface area contributed by atoms with Crippen LogP contribution in [0, 0.1) is 11.3 Å². The molecule has 2 nitrogen and oxygen atoms in total. The summed E-state index contributed by atoms with van der Waals surface area (Å²) in [6, 6.07) is 10.9. The molecule has 3 atom stereocenters. The number of aliphatic hydroxyl groups excluding tert-OH is 1. The van der Waals surface area contributed by atoms with Gasteiger partial charge < -0.3 is 5.11 Å². The lowest BCUT2D eigenvalue weighted by atomic mass is 9.67. The van der Waals surface area contributed by atoms with Gasteiger partial charge in [0.05, 0.1) is 12.1 Å². The van der Waals surface area contributed by atoms with Gasteiger partial charge in [0.2, 0.25) is 0 Å². The molecular formula is C16H21NO. The van der Waals surface area contributed by atoms with Gasteiger partial charge in [0.1, 0.15) is 0 Å². The van der Waals surface area contributed by atoms with Crippen molar-refractivity contribution < 1.29 is 5.11 Å². The molecule has 1 aliphatic carbocycles. The van der Waals surface area contributed by atoms with Crippen LogP contribution in [-0.4, -0.2) is 23.0 Å². The third-order valence-corrected chi connectivity index (χ3v) is 4.67. The molecule has 0 spiro atoms. The number of fused-ring (bicyclic) bond motifs is 1. The van der Waals surface area contributed by atoms with E-state index in [9.17, 15) is 5.11 Å². The first-order chi connectivity index (χ1) is 8.59. The number of rotatable bonds is 1. The highest BCUT2D eigenvalue weighted by atomic mass is 16.3. The summed E-state index contributed by atoms with van der Waals surface area (Å²) in [5, 5.41) is 9.89. The van der Waals surface area contributed by atoms with Gasteiger partial charge in [-0.05, 0) is 30.7 Å². The average molecular weight is 243 g/mol. The fourth-order valence-electron chi connectivity index (χ4n) is 3.61. The lowest BCUT2D eigenvalue weighted by Gasteiger charge is -2.36. The normalized spacial score (nSPS) is 33.9. The molecule has 3 unspecified atom stereocenters. The van der Waals surface area contributed by atoms with E-state index in [0.717, 1.165) is 19.3 Å². The number of benzene rings is 1. The Morgan fingerprint density at radius 2 is 1.89 bits per heavy atom. The monoisotopic (exact) mass is 243 g/mol. The Labute approximate surface area is 109 Å². The van der Waals surface area contributed by atoms with E-state index in [-0.39, 0.29) is 11.5 Å². The third-order valence-electron chi connectivity index (χ3n) is 4.67. The molecule has 0 bridgehead atoms. The Morgan fingerprint density at radius 3 is 2.61 bits per heavy atom. The lowest BCUT2D eigenvalue weighted by molar-refractivity contribution is 0.0700. The van der Waals surface area contributed by atoms with Crippen LogP contribution in [0.15, 0.2) is 35.3 Å². The smallest absolute Gasteiger partial charge is 0.0544 e. The second kappa shape index (κ2) is 4.20. The number of nitrogens with zero attached hydrogens (tertiary/aromatic N) is 1. The molecule has 1 heterocycles. The fraction of sp³-hybridized carbons (Fsp3) is 0.562. The average Bonchev–Trinajstić information content (AvgIpc) is 2.63. The summed E-state index contributed by atoms with van der Waals surface area (Å²) in [7, 11) is 0. The van der Waals surface area contributed by atoms with E-state index in [0.29, 0.717) is 12.0 Å². The standard InChI is InChI=1S/C16H21NO/c1-16(2)13-10-12(18)8-9-14(13)17-15(16)11-6-4-3-5-7-11/h3-7,12-14,18H,8-10H2,1-2H3. The van der Waals surface area contributed by atoms with Gasteiger partial charge >= 0.3 is 0 Å². The zero-order chi connectivity index (χ0) is 12.8. The molecule has 1 aromatic carbocycles. The highest BCUT2D eigenvalue weighted by Crippen LogP contribution is 2.47. The molecule has 2 heteroatoms. The zero-order valence-electron chi connectivity index (χ0n) is 11.1. The Bertz CT molecular complexity index is 463. The maximum atomic E-state index is 9.89. The highest BCUT2D eigenvalue weighted by Gasteiger charge is 2.47. The zero-order valence-corrected chi connectivity index (χ0v) is 11.1. The predicted molar refractivity (Wildman–Crippen MR) is 73.9 cm³/mol. The second-order valence-corrected chi connectivity index (χ2v) is 6.21. The Hall–Kier alpha value is -1.15. The van der Waals surface area contributed by atoms with Gasteiger partial charge in [-0.25, -0.2) is 0 Å². The van der Waals surface area contributed by atoms with Crippen LogP contribution in [-0.2, 0) is 0 Å². The van der Waals surface area contributed by atoms with E-state index < -0.39 is 0 Å². The Kier molecular flexibility index (Phi) is 2.78. The van der Waals surface area contributed by atoms with E-state index in [1.807, 2.05) is 6.07 Å². The van der Waals surface area contributed by atoms with Crippen molar-refractivity contribution in [2.24, 2.45) is 16.3 Å². The van der Waals surface area contributed by atoms with Crippen molar-refractivity contribution in [3.8, 4) is 0 Å². The minimum absolute atomic E-state index is 0.0768. The molecule has 18 heavy (non-hydrogen) atoms. The molecule has 1 saturated carbocycles. The van der Waals surface area contributed by atoms with Gasteiger partial charge in [-0.3, -0.25) is 4.99 Å². The van der Waals surface area contributed by atoms with Crippen molar-refractivity contribution >= 4 is 5.71 Å². The lowest BCUT2D eigenvalue weighted by Crippen LogP contribution is -2.38. The van der Waals surface area contributed by atoms with Crippen molar-refractivity contribution in [3.05, 3.63) is 35.9 Å². The Morgan fingerprint density at radius 1 is 1.17 bits per heavy atom. The quantitative estimate of drug-likeness (QED) is 0.808. The van der Waals surface area contributed by atoms with Crippen LogP contribution in [0.3, 0.4) is 0 Å². The van der Waals surface area contributed by atoms with E-state index in [4.69, 9.17) is 4.99 Å². The first-order valence-electron chi connectivity index (χ1n) is 6.91. The van der Waals surface area contributed by atoms with Crippen LogP contribution in [0.1, 0.15) is 38.7 Å². The fourth-order valence-corrected chi connectivity index (χ4v) is 3.61. The molecule has 1 aliphatic heterocycles. The van der Waals surface area contributed by atoms with Crippen molar-refractivity contribution in [2.45, 2.75) is 45.3 Å². The molecule has 96 valence electrons. The molecule has 2 aliphatic rings. The van der Waals surface area contributed by atoms with Crippen molar-refractivity contribution in [3.63, 3.8) is 0 Å². The molecule has 3 rings (SSSR count). The molecule has 1 N–H and O–H groups in total. The highest BCUT2D eigenvalue weighted by molar-refractivity contribution is 6.05. The molecule has 1 fully saturated rings. The predicted octanol–water partition coefficient (Wildman–Crippen LogP) is 3.05. The summed E-state index contributed by atoms with van der Waals surface area (Å²) in [6.07, 6.45) is 2.71. The van der Waals surface area contributed by atoms with Crippen LogP contribution in [0.4, 0.5) is 0 Å². The molecule has 0 amide bonds. The Balaban J connectivity index is 1.97. The first-order valence-corrected chi connectivity index (χ1v) is 6.91. The molecule has 0 saturated heterocycles. The van der Waals surface area contributed by atoms with Crippen molar-refractivity contribution in [1.82, 2.24) is 0 Å². The minimum atomic E-state index is -0.129. The summed E-state index contributed by atoms with van der Waals surface area (Å²) >= 11 is 0. The minimum Gasteiger partial charge on any atom is -0.393 e. The van der Waals surface area contributed by atoms with Gasteiger partial charge in [-0.1, -0.05) is 44.2 Å². The number of hydrogen-bond acceptors (Lipinski definition) is 2. The number of aliphatic imine (C=N–C) groups is 1. The summed E-state index contributed by atoms with van der Waals surface area (Å²) in [5.74, 6) is 0.497.